The number of carbonyl (C=O) groups is 1. The molecule has 1 amide bonds. The molecule has 1 N–H and O–H groups in total. The number of carbonyl (C=O) groups excluding carboxylic acids is 1. The first kappa shape index (κ1) is 23.6. The van der Waals surface area contributed by atoms with Gasteiger partial charge in [0.1, 0.15) is 21.2 Å². The van der Waals surface area contributed by atoms with Crippen LogP contribution in [0.3, 0.4) is 0 Å². The number of nitrogens with zero attached hydrogens (tertiary/aromatic N) is 3. The van der Waals surface area contributed by atoms with Gasteiger partial charge in [-0.1, -0.05) is 11.6 Å². The van der Waals surface area contributed by atoms with Crippen LogP contribution < -0.4 is 5.32 Å². The Morgan fingerprint density at radius 1 is 1.41 bits per heavy atom. The normalized spacial score (nSPS) is 13.6. The maximum absolute atomic E-state index is 14.0. The van der Waals surface area contributed by atoms with Gasteiger partial charge in [0.15, 0.2) is 5.82 Å². The molecule has 14 heteroatoms. The van der Waals surface area contributed by atoms with Gasteiger partial charge < -0.3 is 9.88 Å². The summed E-state index contributed by atoms with van der Waals surface area (Å²) in [5, 5.41) is 1.61. The van der Waals surface area contributed by atoms with Crippen molar-refractivity contribution in [2.45, 2.75) is 24.0 Å². The molecular formula is C15H14BrClF4N4O3S. The van der Waals surface area contributed by atoms with Crippen molar-refractivity contribution in [3.8, 4) is 0 Å². The van der Waals surface area contributed by atoms with Crippen LogP contribution in [0.25, 0.3) is 0 Å². The van der Waals surface area contributed by atoms with Crippen LogP contribution in [0.2, 0.25) is 5.02 Å². The molecule has 2 aromatic heterocycles. The monoisotopic (exact) mass is 520 g/mol. The Labute approximate surface area is 176 Å². The first-order chi connectivity index (χ1) is 13.2. The molecule has 2 rings (SSSR count). The van der Waals surface area contributed by atoms with Crippen LogP contribution >= 0.6 is 27.5 Å². The highest BCUT2D eigenvalue weighted by Gasteiger charge is 2.44. The number of nitrogens with one attached hydrogen (secondary N) is 1. The van der Waals surface area contributed by atoms with Gasteiger partial charge in [0, 0.05) is 26.5 Å². The van der Waals surface area contributed by atoms with Crippen molar-refractivity contribution in [1.29, 1.82) is 0 Å². The number of alkyl halides is 3. The summed E-state index contributed by atoms with van der Waals surface area (Å²) in [6, 6.07) is -1.17. The van der Waals surface area contributed by atoms with Crippen LogP contribution in [-0.2, 0) is 17.1 Å². The van der Waals surface area contributed by atoms with Crippen LogP contribution in [-0.4, -0.2) is 47.4 Å². The smallest absolute Gasteiger partial charge is 0.344 e. The van der Waals surface area contributed by atoms with E-state index in [1.807, 2.05) is 0 Å². The number of aromatic nitrogens is 2. The number of aryl methyl sites for hydroxylation is 1. The molecule has 0 aliphatic carbocycles. The fourth-order valence-electron chi connectivity index (χ4n) is 2.27. The average molecular weight is 522 g/mol. The van der Waals surface area contributed by atoms with E-state index in [0.29, 0.717) is 6.92 Å². The zero-order valence-electron chi connectivity index (χ0n) is 15.1. The Kier molecular flexibility index (Phi) is 6.67. The van der Waals surface area contributed by atoms with E-state index in [9.17, 15) is 30.8 Å². The van der Waals surface area contributed by atoms with E-state index >= 15 is 0 Å². The lowest BCUT2D eigenvalue weighted by Gasteiger charge is -2.25. The van der Waals surface area contributed by atoms with Crippen molar-refractivity contribution >= 4 is 49.1 Å². The molecule has 0 bridgehead atoms. The summed E-state index contributed by atoms with van der Waals surface area (Å²) in [7, 11) is -2.67. The number of halogens is 6. The summed E-state index contributed by atoms with van der Waals surface area (Å²) in [4.78, 5) is 15.5. The van der Waals surface area contributed by atoms with Crippen LogP contribution in [0, 0.1) is 5.82 Å². The molecule has 0 unspecified atom stereocenters. The van der Waals surface area contributed by atoms with Crippen LogP contribution in [0.5, 0.6) is 0 Å². The first-order valence-electron chi connectivity index (χ1n) is 7.70. The molecule has 1 atom stereocenters. The number of anilines is 1. The molecule has 2 heterocycles. The molecule has 0 saturated carbocycles. The molecule has 7 nitrogen and oxygen atoms in total. The fraction of sp³-hybridized carbons (Fsp3) is 0.333. The lowest BCUT2D eigenvalue weighted by Crippen LogP contribution is -2.44. The summed E-state index contributed by atoms with van der Waals surface area (Å²) in [5.41, 5.74) is -0.646. The highest BCUT2D eigenvalue weighted by Crippen LogP contribution is 2.33. The van der Waals surface area contributed by atoms with Crippen molar-refractivity contribution in [2.75, 3.05) is 12.4 Å². The molecule has 2 aromatic rings. The van der Waals surface area contributed by atoms with E-state index in [4.69, 9.17) is 11.6 Å². The zero-order valence-corrected chi connectivity index (χ0v) is 18.2. The third-order valence-electron chi connectivity index (χ3n) is 4.07. The quantitative estimate of drug-likeness (QED) is 0.479. The molecule has 29 heavy (non-hydrogen) atoms. The average Bonchev–Trinajstić information content (AvgIpc) is 2.91. The minimum atomic E-state index is -4.81. The number of hydrogen-bond acceptors (Lipinski definition) is 4. The molecule has 0 aliphatic rings. The van der Waals surface area contributed by atoms with Crippen molar-refractivity contribution in [2.24, 2.45) is 7.05 Å². The zero-order chi connectivity index (χ0) is 22.3. The van der Waals surface area contributed by atoms with Gasteiger partial charge in [0.2, 0.25) is 10.0 Å². The molecule has 0 radical (unpaired) electrons. The summed E-state index contributed by atoms with van der Waals surface area (Å²) >= 11 is 8.88. The predicted molar refractivity (Wildman–Crippen MR) is 101 cm³/mol. The summed E-state index contributed by atoms with van der Waals surface area (Å²) in [5.74, 6) is -1.85. The molecule has 0 fully saturated rings. The number of pyridine rings is 1. The number of sulfonamides is 1. The van der Waals surface area contributed by atoms with Crippen molar-refractivity contribution in [1.82, 2.24) is 13.9 Å². The van der Waals surface area contributed by atoms with E-state index in [-0.39, 0.29) is 20.3 Å². The second-order valence-electron chi connectivity index (χ2n) is 5.92. The summed E-state index contributed by atoms with van der Waals surface area (Å²) in [6.45, 7) is 0.673. The molecule has 0 aliphatic heterocycles. The lowest BCUT2D eigenvalue weighted by atomic mass is 10.3. The Hall–Kier alpha value is -1.70. The van der Waals surface area contributed by atoms with E-state index in [1.165, 1.54) is 13.2 Å². The Bertz CT molecular complexity index is 1060. The van der Waals surface area contributed by atoms with Crippen LogP contribution in [0.1, 0.15) is 17.4 Å². The fourth-order valence-corrected chi connectivity index (χ4v) is 4.63. The summed E-state index contributed by atoms with van der Waals surface area (Å²) < 4.78 is 78.9. The maximum Gasteiger partial charge on any atom is 0.404 e. The van der Waals surface area contributed by atoms with E-state index < -0.39 is 43.9 Å². The van der Waals surface area contributed by atoms with Gasteiger partial charge in [-0.15, -0.1) is 0 Å². The third kappa shape index (κ3) is 4.57. The number of hydrogen-bond donors (Lipinski definition) is 1. The minimum absolute atomic E-state index is 0.107. The van der Waals surface area contributed by atoms with Gasteiger partial charge in [0.05, 0.1) is 10.7 Å². The van der Waals surface area contributed by atoms with Crippen LogP contribution in [0.4, 0.5) is 23.2 Å². The molecule has 160 valence electrons. The van der Waals surface area contributed by atoms with Crippen LogP contribution in [0.15, 0.2) is 28.0 Å². The Morgan fingerprint density at radius 3 is 2.55 bits per heavy atom. The second-order valence-corrected chi connectivity index (χ2v) is 9.02. The Morgan fingerprint density at radius 2 is 2.00 bits per heavy atom. The van der Waals surface area contributed by atoms with Gasteiger partial charge in [-0.2, -0.15) is 17.5 Å². The SMILES string of the molecule is C[C@@H](N(C)S(=O)(=O)c1cn(C)c(C(=O)Nc2ccnc(Br)c2F)c1Cl)C(F)(F)F. The molecule has 0 saturated heterocycles. The minimum Gasteiger partial charge on any atom is -0.344 e. The summed E-state index contributed by atoms with van der Waals surface area (Å²) in [6.07, 6.45) is -2.70. The highest BCUT2D eigenvalue weighted by molar-refractivity contribution is 9.10. The molecule has 0 aromatic carbocycles. The van der Waals surface area contributed by atoms with Crippen molar-refractivity contribution in [3.63, 3.8) is 0 Å². The van der Waals surface area contributed by atoms with Gasteiger partial charge in [-0.25, -0.2) is 17.8 Å². The maximum atomic E-state index is 14.0. The van der Waals surface area contributed by atoms with E-state index in [1.54, 1.807) is 0 Å². The van der Waals surface area contributed by atoms with E-state index in [2.05, 4.69) is 26.2 Å². The number of rotatable bonds is 5. The van der Waals surface area contributed by atoms with Crippen molar-refractivity contribution < 1.29 is 30.8 Å². The number of amides is 1. The predicted octanol–water partition coefficient (Wildman–Crippen LogP) is 3.80. The third-order valence-corrected chi connectivity index (χ3v) is 7.06. The van der Waals surface area contributed by atoms with Gasteiger partial charge >= 0.3 is 6.18 Å². The second kappa shape index (κ2) is 8.20. The molecule has 0 spiro atoms. The standard InChI is InChI=1S/C15H14BrClF4N4O3S/c1-7(15(19,20)21)25(3)29(27,28)9-6-24(2)12(10(9)17)14(26)23-8-4-5-22-13(16)11(8)18/h4-7H,1-3H3,(H,22,23,26)/t7-/m1/s1. The van der Waals surface area contributed by atoms with Gasteiger partial charge in [0.25, 0.3) is 5.91 Å². The van der Waals surface area contributed by atoms with Gasteiger partial charge in [-0.3, -0.25) is 4.79 Å². The Balaban J connectivity index is 2.44. The largest absolute Gasteiger partial charge is 0.404 e. The molecular weight excluding hydrogens is 508 g/mol. The van der Waals surface area contributed by atoms with E-state index in [0.717, 1.165) is 23.9 Å². The highest BCUT2D eigenvalue weighted by atomic mass is 79.9. The van der Waals surface area contributed by atoms with Gasteiger partial charge in [-0.05, 0) is 28.9 Å². The van der Waals surface area contributed by atoms with Crippen molar-refractivity contribution in [3.05, 3.63) is 39.6 Å². The first-order valence-corrected chi connectivity index (χ1v) is 10.3. The lowest BCUT2D eigenvalue weighted by molar-refractivity contribution is -0.164. The topological polar surface area (TPSA) is 84.3 Å².